The van der Waals surface area contributed by atoms with E-state index in [4.69, 9.17) is 5.26 Å². The highest BCUT2D eigenvalue weighted by Crippen LogP contribution is 2.20. The van der Waals surface area contributed by atoms with Crippen molar-refractivity contribution >= 4 is 28.6 Å². The van der Waals surface area contributed by atoms with Crippen molar-refractivity contribution in [3.8, 4) is 6.07 Å². The van der Waals surface area contributed by atoms with Crippen molar-refractivity contribution in [3.63, 3.8) is 0 Å². The van der Waals surface area contributed by atoms with Crippen LogP contribution in [0.4, 0.5) is 0 Å². The number of esters is 1. The van der Waals surface area contributed by atoms with E-state index >= 15 is 0 Å². The van der Waals surface area contributed by atoms with E-state index in [1.807, 2.05) is 13.0 Å². The number of hydrogen-bond donors (Lipinski definition) is 0. The molecule has 0 atom stereocenters. The van der Waals surface area contributed by atoms with Crippen molar-refractivity contribution in [2.75, 3.05) is 7.11 Å². The van der Waals surface area contributed by atoms with Crippen LogP contribution in [-0.4, -0.2) is 13.1 Å². The first-order chi connectivity index (χ1) is 7.62. The van der Waals surface area contributed by atoms with Crippen molar-refractivity contribution in [2.45, 2.75) is 19.8 Å². The molecule has 16 heavy (non-hydrogen) atoms. The molecule has 0 unspecified atom stereocenters. The Labute approximate surface area is 109 Å². The van der Waals surface area contributed by atoms with E-state index in [1.165, 1.54) is 7.11 Å². The minimum Gasteiger partial charge on any atom is -0.469 e. The van der Waals surface area contributed by atoms with E-state index in [-0.39, 0.29) is 12.4 Å². The number of methoxy groups -OCH3 is 1. The van der Waals surface area contributed by atoms with Gasteiger partial charge >= 0.3 is 5.97 Å². The van der Waals surface area contributed by atoms with Gasteiger partial charge in [-0.15, -0.1) is 0 Å². The Morgan fingerprint density at radius 3 is 2.75 bits per heavy atom. The SMILES string of the molecule is CCc1c(I)cc(CC(=O)OC)cc1C#N. The van der Waals surface area contributed by atoms with Crippen LogP contribution in [0.1, 0.15) is 23.6 Å². The topological polar surface area (TPSA) is 50.1 Å². The number of nitriles is 1. The molecule has 0 bridgehead atoms. The van der Waals surface area contributed by atoms with Crippen molar-refractivity contribution < 1.29 is 9.53 Å². The summed E-state index contributed by atoms with van der Waals surface area (Å²) in [5.41, 5.74) is 2.51. The first kappa shape index (κ1) is 13.0. The summed E-state index contributed by atoms with van der Waals surface area (Å²) in [5.74, 6) is -0.288. The third kappa shape index (κ3) is 2.95. The van der Waals surface area contributed by atoms with Crippen molar-refractivity contribution in [3.05, 3.63) is 32.4 Å². The van der Waals surface area contributed by atoms with Crippen LogP contribution in [0.2, 0.25) is 0 Å². The number of nitrogens with zero attached hydrogens (tertiary/aromatic N) is 1. The third-order valence-electron chi connectivity index (χ3n) is 2.31. The van der Waals surface area contributed by atoms with Gasteiger partial charge < -0.3 is 4.74 Å². The van der Waals surface area contributed by atoms with E-state index in [0.29, 0.717) is 5.56 Å². The van der Waals surface area contributed by atoms with Crippen molar-refractivity contribution in [2.24, 2.45) is 0 Å². The van der Waals surface area contributed by atoms with Gasteiger partial charge in [0.25, 0.3) is 0 Å². The van der Waals surface area contributed by atoms with Gasteiger partial charge in [0.1, 0.15) is 0 Å². The first-order valence-electron chi connectivity index (χ1n) is 4.90. The van der Waals surface area contributed by atoms with Gasteiger partial charge in [0.2, 0.25) is 0 Å². The average molecular weight is 329 g/mol. The largest absolute Gasteiger partial charge is 0.469 e. The zero-order chi connectivity index (χ0) is 12.1. The summed E-state index contributed by atoms with van der Waals surface area (Å²) in [6.07, 6.45) is 1.03. The summed E-state index contributed by atoms with van der Waals surface area (Å²) in [6, 6.07) is 5.85. The molecule has 84 valence electrons. The fourth-order valence-corrected chi connectivity index (χ4v) is 2.56. The van der Waals surface area contributed by atoms with Gasteiger partial charge in [0.15, 0.2) is 0 Å². The maximum Gasteiger partial charge on any atom is 0.309 e. The Morgan fingerprint density at radius 1 is 1.56 bits per heavy atom. The van der Waals surface area contributed by atoms with Crippen LogP contribution in [0.3, 0.4) is 0 Å². The van der Waals surface area contributed by atoms with E-state index in [1.54, 1.807) is 6.07 Å². The standard InChI is InChI=1S/C12H12INO2/c1-3-10-9(7-14)4-8(5-11(10)13)6-12(15)16-2/h4-5H,3,6H2,1-2H3. The molecule has 3 nitrogen and oxygen atoms in total. The number of hydrogen-bond acceptors (Lipinski definition) is 3. The van der Waals surface area contributed by atoms with Gasteiger partial charge in [-0.05, 0) is 52.3 Å². The second-order valence-electron chi connectivity index (χ2n) is 3.32. The molecule has 4 heteroatoms. The van der Waals surface area contributed by atoms with E-state index in [0.717, 1.165) is 21.1 Å². The van der Waals surface area contributed by atoms with E-state index in [2.05, 4.69) is 33.4 Å². The molecular formula is C12H12INO2. The van der Waals surface area contributed by atoms with Crippen LogP contribution < -0.4 is 0 Å². The monoisotopic (exact) mass is 329 g/mol. The summed E-state index contributed by atoms with van der Waals surface area (Å²) in [7, 11) is 1.36. The zero-order valence-corrected chi connectivity index (χ0v) is 11.4. The average Bonchev–Trinajstić information content (AvgIpc) is 2.28. The van der Waals surface area contributed by atoms with Crippen LogP contribution in [0.5, 0.6) is 0 Å². The second kappa shape index (κ2) is 5.85. The van der Waals surface area contributed by atoms with E-state index in [9.17, 15) is 4.79 Å². The lowest BCUT2D eigenvalue weighted by Gasteiger charge is -2.07. The molecular weight excluding hydrogens is 317 g/mol. The van der Waals surface area contributed by atoms with Gasteiger partial charge in [-0.3, -0.25) is 4.79 Å². The summed E-state index contributed by atoms with van der Waals surface area (Å²) >= 11 is 2.19. The predicted octanol–water partition coefficient (Wildman–Crippen LogP) is 2.44. The summed E-state index contributed by atoms with van der Waals surface area (Å²) < 4.78 is 5.63. The Hall–Kier alpha value is -1.09. The summed E-state index contributed by atoms with van der Waals surface area (Å²) in [4.78, 5) is 11.1. The summed E-state index contributed by atoms with van der Waals surface area (Å²) in [5, 5.41) is 9.02. The van der Waals surface area contributed by atoms with Crippen LogP contribution in [-0.2, 0) is 22.4 Å². The number of carbonyl (C=O) groups excluding carboxylic acids is 1. The number of carbonyl (C=O) groups is 1. The lowest BCUT2D eigenvalue weighted by molar-refractivity contribution is -0.139. The molecule has 0 aliphatic carbocycles. The zero-order valence-electron chi connectivity index (χ0n) is 9.21. The lowest BCUT2D eigenvalue weighted by Crippen LogP contribution is -2.06. The van der Waals surface area contributed by atoms with Gasteiger partial charge in [-0.25, -0.2) is 0 Å². The first-order valence-corrected chi connectivity index (χ1v) is 5.98. The molecule has 0 N–H and O–H groups in total. The second-order valence-corrected chi connectivity index (χ2v) is 4.48. The van der Waals surface area contributed by atoms with Crippen molar-refractivity contribution in [1.29, 1.82) is 5.26 Å². The fourth-order valence-electron chi connectivity index (χ4n) is 1.49. The number of ether oxygens (including phenoxy) is 1. The van der Waals surface area contributed by atoms with Gasteiger partial charge in [-0.1, -0.05) is 6.92 Å². The molecule has 0 fully saturated rings. The molecule has 0 amide bonds. The molecule has 1 aromatic carbocycles. The molecule has 0 aromatic heterocycles. The minimum atomic E-state index is -0.288. The smallest absolute Gasteiger partial charge is 0.309 e. The minimum absolute atomic E-state index is 0.213. The molecule has 0 saturated carbocycles. The predicted molar refractivity (Wildman–Crippen MR) is 69.0 cm³/mol. The molecule has 0 radical (unpaired) electrons. The molecule has 1 rings (SSSR count). The molecule has 0 spiro atoms. The highest BCUT2D eigenvalue weighted by atomic mass is 127. The highest BCUT2D eigenvalue weighted by molar-refractivity contribution is 14.1. The van der Waals surface area contributed by atoms with Crippen molar-refractivity contribution in [1.82, 2.24) is 0 Å². The Kier molecular flexibility index (Phi) is 4.74. The third-order valence-corrected chi connectivity index (χ3v) is 3.27. The van der Waals surface area contributed by atoms with Gasteiger partial charge in [-0.2, -0.15) is 5.26 Å². The molecule has 1 aromatic rings. The van der Waals surface area contributed by atoms with Crippen LogP contribution >= 0.6 is 22.6 Å². The number of rotatable bonds is 3. The normalized spacial score (nSPS) is 9.62. The molecule has 0 aliphatic heterocycles. The Balaban J connectivity index is 3.12. The highest BCUT2D eigenvalue weighted by Gasteiger charge is 2.10. The van der Waals surface area contributed by atoms with Crippen LogP contribution in [0, 0.1) is 14.9 Å². The lowest BCUT2D eigenvalue weighted by atomic mass is 10.0. The summed E-state index contributed by atoms with van der Waals surface area (Å²) in [6.45, 7) is 2.01. The molecule has 0 aliphatic rings. The van der Waals surface area contributed by atoms with Gasteiger partial charge in [0, 0.05) is 3.57 Å². The maximum atomic E-state index is 11.1. The fraction of sp³-hybridized carbons (Fsp3) is 0.333. The molecule has 0 heterocycles. The van der Waals surface area contributed by atoms with Crippen LogP contribution in [0.15, 0.2) is 12.1 Å². The Bertz CT molecular complexity index is 449. The van der Waals surface area contributed by atoms with Crippen LogP contribution in [0.25, 0.3) is 0 Å². The molecule has 0 saturated heterocycles. The van der Waals surface area contributed by atoms with Gasteiger partial charge in [0.05, 0.1) is 25.2 Å². The quantitative estimate of drug-likeness (QED) is 0.632. The maximum absolute atomic E-state index is 11.1. The number of benzene rings is 1. The Morgan fingerprint density at radius 2 is 2.25 bits per heavy atom. The van der Waals surface area contributed by atoms with E-state index < -0.39 is 0 Å². The number of halogens is 1.